The fourth-order valence-electron chi connectivity index (χ4n) is 2.41. The fourth-order valence-corrected chi connectivity index (χ4v) is 2.41. The second kappa shape index (κ2) is 7.64. The van der Waals surface area contributed by atoms with Crippen LogP contribution >= 0.6 is 0 Å². The van der Waals surface area contributed by atoms with Crippen LogP contribution in [0.1, 0.15) is 22.3 Å². The van der Waals surface area contributed by atoms with E-state index in [1.54, 1.807) is 0 Å². The Hall–Kier alpha value is -2.29. The first-order valence-corrected chi connectivity index (χ1v) is 7.58. The molecule has 0 radical (unpaired) electrons. The molecule has 1 N–H and O–H groups in total. The van der Waals surface area contributed by atoms with E-state index in [2.05, 4.69) is 5.32 Å². The zero-order valence-electron chi connectivity index (χ0n) is 13.5. The number of rotatable bonds is 6. The van der Waals surface area contributed by atoms with Gasteiger partial charge in [-0.15, -0.1) is 0 Å². The summed E-state index contributed by atoms with van der Waals surface area (Å²) in [6.45, 7) is 7.06. The lowest BCUT2D eigenvalue weighted by Gasteiger charge is -2.12. The summed E-state index contributed by atoms with van der Waals surface area (Å²) in [7, 11) is 0. The van der Waals surface area contributed by atoms with Gasteiger partial charge in [0, 0.05) is 0 Å². The van der Waals surface area contributed by atoms with Crippen LogP contribution in [0.2, 0.25) is 0 Å². The zero-order valence-corrected chi connectivity index (χ0v) is 13.5. The molecule has 0 atom stereocenters. The molecule has 22 heavy (non-hydrogen) atoms. The van der Waals surface area contributed by atoms with Crippen molar-refractivity contribution in [3.05, 3.63) is 64.7 Å². The maximum Gasteiger partial charge on any atom is 0.224 e. The Bertz CT molecular complexity index is 629. The highest BCUT2D eigenvalue weighted by molar-refractivity contribution is 5.78. The van der Waals surface area contributed by atoms with Crippen molar-refractivity contribution in [1.29, 1.82) is 0 Å². The highest BCUT2D eigenvalue weighted by atomic mass is 16.5. The molecule has 0 bridgehead atoms. The summed E-state index contributed by atoms with van der Waals surface area (Å²) in [5, 5.41) is 2.90. The predicted molar refractivity (Wildman–Crippen MR) is 89.3 cm³/mol. The van der Waals surface area contributed by atoms with Crippen molar-refractivity contribution in [2.24, 2.45) is 0 Å². The number of hydrogen-bond donors (Lipinski definition) is 1. The Labute approximate surface area is 132 Å². The van der Waals surface area contributed by atoms with Crippen LogP contribution < -0.4 is 10.1 Å². The summed E-state index contributed by atoms with van der Waals surface area (Å²) in [6.07, 6.45) is 0.413. The smallest absolute Gasteiger partial charge is 0.224 e. The van der Waals surface area contributed by atoms with E-state index in [1.807, 2.05) is 63.2 Å². The Morgan fingerprint density at radius 3 is 2.27 bits per heavy atom. The maximum absolute atomic E-state index is 11.9. The first-order chi connectivity index (χ1) is 10.6. The molecular formula is C19H23NO2. The molecule has 3 heteroatoms. The third-order valence-corrected chi connectivity index (χ3v) is 3.69. The van der Waals surface area contributed by atoms with Crippen LogP contribution in [0.4, 0.5) is 0 Å². The van der Waals surface area contributed by atoms with Gasteiger partial charge in [-0.25, -0.2) is 0 Å². The second-order valence-electron chi connectivity index (χ2n) is 5.52. The summed E-state index contributed by atoms with van der Waals surface area (Å²) in [4.78, 5) is 11.9. The Morgan fingerprint density at radius 2 is 1.59 bits per heavy atom. The standard InChI is InChI=1S/C19H23NO2/c1-14-7-4-5-10-17(14)13-18(21)20-11-12-22-19-15(2)8-6-9-16(19)3/h4-10H,11-13H2,1-3H3,(H,20,21). The molecule has 116 valence electrons. The van der Waals surface area contributed by atoms with E-state index in [9.17, 15) is 4.79 Å². The van der Waals surface area contributed by atoms with Gasteiger partial charge in [-0.05, 0) is 43.0 Å². The van der Waals surface area contributed by atoms with Crippen molar-refractivity contribution >= 4 is 5.91 Å². The van der Waals surface area contributed by atoms with Crippen LogP contribution in [-0.2, 0) is 11.2 Å². The molecule has 2 aromatic rings. The molecule has 1 amide bonds. The van der Waals surface area contributed by atoms with Crippen molar-refractivity contribution in [3.63, 3.8) is 0 Å². The first kappa shape index (κ1) is 16.1. The number of para-hydroxylation sites is 1. The van der Waals surface area contributed by atoms with Gasteiger partial charge in [0.2, 0.25) is 5.91 Å². The van der Waals surface area contributed by atoms with Gasteiger partial charge in [-0.2, -0.15) is 0 Å². The van der Waals surface area contributed by atoms with Crippen LogP contribution in [-0.4, -0.2) is 19.1 Å². The van der Waals surface area contributed by atoms with Crippen LogP contribution in [0.15, 0.2) is 42.5 Å². The third kappa shape index (κ3) is 4.35. The van der Waals surface area contributed by atoms with E-state index >= 15 is 0 Å². The number of nitrogens with one attached hydrogen (secondary N) is 1. The maximum atomic E-state index is 11.9. The number of ether oxygens (including phenoxy) is 1. The van der Waals surface area contributed by atoms with Crippen LogP contribution in [0.5, 0.6) is 5.75 Å². The Morgan fingerprint density at radius 1 is 0.955 bits per heavy atom. The summed E-state index contributed by atoms with van der Waals surface area (Å²) in [5.41, 5.74) is 4.44. The van der Waals surface area contributed by atoms with Gasteiger partial charge < -0.3 is 10.1 Å². The van der Waals surface area contributed by atoms with E-state index in [1.165, 1.54) is 0 Å². The molecule has 0 spiro atoms. The highest BCUT2D eigenvalue weighted by Crippen LogP contribution is 2.21. The summed E-state index contributed by atoms with van der Waals surface area (Å²) in [6, 6.07) is 14.0. The average Bonchev–Trinajstić information content (AvgIpc) is 2.48. The second-order valence-corrected chi connectivity index (χ2v) is 5.52. The minimum absolute atomic E-state index is 0.0272. The molecule has 0 aliphatic heterocycles. The normalized spacial score (nSPS) is 10.3. The van der Waals surface area contributed by atoms with Crippen molar-refractivity contribution < 1.29 is 9.53 Å². The van der Waals surface area contributed by atoms with Gasteiger partial charge in [0.05, 0.1) is 13.0 Å². The Balaban J connectivity index is 1.77. The highest BCUT2D eigenvalue weighted by Gasteiger charge is 2.06. The molecule has 0 aliphatic carbocycles. The first-order valence-electron chi connectivity index (χ1n) is 7.58. The molecule has 0 heterocycles. The lowest BCUT2D eigenvalue weighted by atomic mass is 10.1. The van der Waals surface area contributed by atoms with E-state index in [4.69, 9.17) is 4.74 Å². The molecule has 0 saturated heterocycles. The van der Waals surface area contributed by atoms with E-state index < -0.39 is 0 Å². The van der Waals surface area contributed by atoms with Gasteiger partial charge in [0.1, 0.15) is 12.4 Å². The van der Waals surface area contributed by atoms with Gasteiger partial charge >= 0.3 is 0 Å². The molecule has 2 rings (SSSR count). The number of aryl methyl sites for hydroxylation is 3. The molecule has 3 nitrogen and oxygen atoms in total. The van der Waals surface area contributed by atoms with E-state index in [0.717, 1.165) is 28.0 Å². The van der Waals surface area contributed by atoms with Crippen molar-refractivity contribution in [3.8, 4) is 5.75 Å². The molecule has 0 unspecified atom stereocenters. The zero-order chi connectivity index (χ0) is 15.9. The quantitative estimate of drug-likeness (QED) is 0.830. The molecular weight excluding hydrogens is 274 g/mol. The van der Waals surface area contributed by atoms with Gasteiger partial charge in [0.25, 0.3) is 0 Å². The molecule has 0 saturated carbocycles. The number of hydrogen-bond acceptors (Lipinski definition) is 2. The van der Waals surface area contributed by atoms with Gasteiger partial charge in [-0.1, -0.05) is 42.5 Å². The number of benzene rings is 2. The SMILES string of the molecule is Cc1ccccc1CC(=O)NCCOc1c(C)cccc1C. The van der Waals surface area contributed by atoms with Gasteiger partial charge in [-0.3, -0.25) is 4.79 Å². The van der Waals surface area contributed by atoms with Crippen LogP contribution in [0.3, 0.4) is 0 Å². The van der Waals surface area contributed by atoms with Crippen molar-refractivity contribution in [2.75, 3.05) is 13.2 Å². The average molecular weight is 297 g/mol. The number of carbonyl (C=O) groups excluding carboxylic acids is 1. The third-order valence-electron chi connectivity index (χ3n) is 3.69. The Kier molecular flexibility index (Phi) is 5.59. The minimum atomic E-state index is 0.0272. The molecule has 0 aromatic heterocycles. The fraction of sp³-hybridized carbons (Fsp3) is 0.316. The summed E-state index contributed by atoms with van der Waals surface area (Å²) in [5.74, 6) is 0.940. The lowest BCUT2D eigenvalue weighted by molar-refractivity contribution is -0.120. The number of carbonyl (C=O) groups is 1. The summed E-state index contributed by atoms with van der Waals surface area (Å²) < 4.78 is 5.78. The topological polar surface area (TPSA) is 38.3 Å². The largest absolute Gasteiger partial charge is 0.491 e. The van der Waals surface area contributed by atoms with Gasteiger partial charge in [0.15, 0.2) is 0 Å². The molecule has 0 aliphatic rings. The molecule has 2 aromatic carbocycles. The summed E-state index contributed by atoms with van der Waals surface area (Å²) >= 11 is 0. The lowest BCUT2D eigenvalue weighted by Crippen LogP contribution is -2.29. The number of amides is 1. The van der Waals surface area contributed by atoms with Crippen molar-refractivity contribution in [2.45, 2.75) is 27.2 Å². The van der Waals surface area contributed by atoms with E-state index in [0.29, 0.717) is 19.6 Å². The predicted octanol–water partition coefficient (Wildman–Crippen LogP) is 3.35. The van der Waals surface area contributed by atoms with Crippen LogP contribution in [0.25, 0.3) is 0 Å². The van der Waals surface area contributed by atoms with E-state index in [-0.39, 0.29) is 5.91 Å². The van der Waals surface area contributed by atoms with Crippen molar-refractivity contribution in [1.82, 2.24) is 5.32 Å². The monoisotopic (exact) mass is 297 g/mol. The molecule has 0 fully saturated rings. The minimum Gasteiger partial charge on any atom is -0.491 e. The van der Waals surface area contributed by atoms with Crippen LogP contribution in [0, 0.1) is 20.8 Å².